The van der Waals surface area contributed by atoms with Crippen LogP contribution in [0.5, 0.6) is 0 Å². The van der Waals surface area contributed by atoms with E-state index < -0.39 is 5.92 Å². The van der Waals surface area contributed by atoms with E-state index in [4.69, 9.17) is 9.97 Å². The number of halogens is 2. The molecule has 0 amide bonds. The van der Waals surface area contributed by atoms with Crippen molar-refractivity contribution >= 4 is 54.6 Å². The third-order valence-corrected chi connectivity index (χ3v) is 10.9. The Morgan fingerprint density at radius 1 is 0.500 bits per heavy atom. The maximum atomic E-state index is 16.0. The minimum atomic E-state index is -3.17. The van der Waals surface area contributed by atoms with E-state index in [1.807, 2.05) is 48.5 Å². The monoisotopic (exact) mass is 727 g/mol. The number of para-hydroxylation sites is 4. The summed E-state index contributed by atoms with van der Waals surface area (Å²) in [6.07, 6.45) is 1.75. The fourth-order valence-corrected chi connectivity index (χ4v) is 8.34. The molecule has 0 atom stereocenters. The predicted octanol–water partition coefficient (Wildman–Crippen LogP) is 12.6. The molecule has 0 saturated carbocycles. The van der Waals surface area contributed by atoms with Crippen LogP contribution < -0.4 is 0 Å². The van der Waals surface area contributed by atoms with Crippen LogP contribution in [0.1, 0.15) is 11.1 Å². The van der Waals surface area contributed by atoms with E-state index in [2.05, 4.69) is 93.0 Å². The minimum absolute atomic E-state index is 0.0433. The summed E-state index contributed by atoms with van der Waals surface area (Å²) in [5, 5.41) is 3.89. The summed E-state index contributed by atoms with van der Waals surface area (Å²) in [5.41, 5.74) is 9.38. The average Bonchev–Trinajstić information content (AvgIpc) is 3.94. The van der Waals surface area contributed by atoms with E-state index in [1.54, 1.807) is 36.5 Å². The SMILES string of the molecule is FC(F)(c1ccccc1)c1ccc2c(c1)c1ccc(-c3cccc4c3nc(-c3cccc5c3[nH]c3ccccc35)n4-c3ccccc3)cc1n2-c1ccccn1. The van der Waals surface area contributed by atoms with E-state index >= 15 is 8.78 Å². The number of aromatic nitrogens is 5. The largest absolute Gasteiger partial charge is 0.354 e. The van der Waals surface area contributed by atoms with E-state index in [0.717, 1.165) is 77.5 Å². The van der Waals surface area contributed by atoms with Gasteiger partial charge in [0.1, 0.15) is 11.6 Å². The van der Waals surface area contributed by atoms with Gasteiger partial charge in [-0.15, -0.1) is 0 Å². The van der Waals surface area contributed by atoms with Crippen LogP contribution in [0.4, 0.5) is 8.78 Å². The summed E-state index contributed by atoms with van der Waals surface area (Å²) in [7, 11) is 0. The lowest BCUT2D eigenvalue weighted by Crippen LogP contribution is -2.14. The second kappa shape index (κ2) is 12.3. The summed E-state index contributed by atoms with van der Waals surface area (Å²) in [6, 6.07) is 56.3. The highest BCUT2D eigenvalue weighted by molar-refractivity contribution is 6.13. The first-order valence-electron chi connectivity index (χ1n) is 18.6. The highest BCUT2D eigenvalue weighted by Gasteiger charge is 2.34. The van der Waals surface area contributed by atoms with E-state index in [0.29, 0.717) is 5.82 Å². The Hall–Kier alpha value is -7.38. The Labute approximate surface area is 319 Å². The van der Waals surface area contributed by atoms with Crippen molar-refractivity contribution in [2.75, 3.05) is 0 Å². The van der Waals surface area contributed by atoms with Crippen LogP contribution >= 0.6 is 0 Å². The van der Waals surface area contributed by atoms with Gasteiger partial charge in [0.15, 0.2) is 0 Å². The smallest absolute Gasteiger partial charge is 0.298 e. The number of alkyl halides is 2. The molecule has 11 aromatic rings. The molecule has 4 heterocycles. The maximum Gasteiger partial charge on any atom is 0.298 e. The molecule has 56 heavy (non-hydrogen) atoms. The molecule has 0 fully saturated rings. The molecule has 7 heteroatoms. The van der Waals surface area contributed by atoms with Crippen molar-refractivity contribution in [2.24, 2.45) is 0 Å². The van der Waals surface area contributed by atoms with E-state index in [1.165, 1.54) is 23.6 Å². The number of benzene rings is 7. The first kappa shape index (κ1) is 32.1. The van der Waals surface area contributed by atoms with Crippen molar-refractivity contribution in [1.29, 1.82) is 0 Å². The average molecular weight is 728 g/mol. The molecule has 0 bridgehead atoms. The van der Waals surface area contributed by atoms with Crippen molar-refractivity contribution in [3.8, 4) is 34.0 Å². The molecular formula is C49H31F2N5. The Bertz CT molecular complexity index is 3270. The predicted molar refractivity (Wildman–Crippen MR) is 223 cm³/mol. The van der Waals surface area contributed by atoms with Crippen LogP contribution in [0.3, 0.4) is 0 Å². The van der Waals surface area contributed by atoms with Gasteiger partial charge in [0.25, 0.3) is 5.92 Å². The van der Waals surface area contributed by atoms with Crippen LogP contribution in [0.2, 0.25) is 0 Å². The van der Waals surface area contributed by atoms with Gasteiger partial charge in [-0.05, 0) is 66.2 Å². The Kier molecular flexibility index (Phi) is 7.06. The maximum absolute atomic E-state index is 16.0. The number of H-pyrrole nitrogens is 1. The van der Waals surface area contributed by atoms with Gasteiger partial charge in [-0.2, -0.15) is 8.78 Å². The zero-order valence-corrected chi connectivity index (χ0v) is 29.9. The number of hydrogen-bond donors (Lipinski definition) is 1. The molecule has 7 aromatic carbocycles. The molecule has 0 aliphatic rings. The lowest BCUT2D eigenvalue weighted by Gasteiger charge is -2.17. The molecule has 266 valence electrons. The lowest BCUT2D eigenvalue weighted by molar-refractivity contribution is 0.0430. The fraction of sp³-hybridized carbons (Fsp3) is 0.0204. The van der Waals surface area contributed by atoms with Gasteiger partial charge < -0.3 is 4.98 Å². The van der Waals surface area contributed by atoms with Crippen molar-refractivity contribution in [3.63, 3.8) is 0 Å². The molecule has 0 radical (unpaired) electrons. The third kappa shape index (κ3) is 4.84. The highest BCUT2D eigenvalue weighted by Crippen LogP contribution is 2.42. The molecule has 5 nitrogen and oxygen atoms in total. The number of imidazole rings is 1. The third-order valence-electron chi connectivity index (χ3n) is 10.9. The summed E-state index contributed by atoms with van der Waals surface area (Å²) >= 11 is 0. The van der Waals surface area contributed by atoms with Gasteiger partial charge in [-0.1, -0.05) is 115 Å². The summed E-state index contributed by atoms with van der Waals surface area (Å²) < 4.78 is 36.2. The van der Waals surface area contributed by atoms with Gasteiger partial charge >= 0.3 is 0 Å². The minimum Gasteiger partial charge on any atom is -0.354 e. The zero-order chi connectivity index (χ0) is 37.4. The van der Waals surface area contributed by atoms with Crippen LogP contribution in [0.15, 0.2) is 182 Å². The number of nitrogens with one attached hydrogen (secondary N) is 1. The number of hydrogen-bond acceptors (Lipinski definition) is 2. The van der Waals surface area contributed by atoms with Crippen molar-refractivity contribution in [2.45, 2.75) is 5.92 Å². The molecule has 0 spiro atoms. The lowest BCUT2D eigenvalue weighted by atomic mass is 9.98. The number of nitrogens with zero attached hydrogens (tertiary/aromatic N) is 4. The Balaban J connectivity index is 1.15. The van der Waals surface area contributed by atoms with Gasteiger partial charge in [0.2, 0.25) is 0 Å². The summed E-state index contributed by atoms with van der Waals surface area (Å²) in [4.78, 5) is 13.9. The second-order valence-corrected chi connectivity index (χ2v) is 14.1. The molecule has 0 aliphatic heterocycles. The second-order valence-electron chi connectivity index (χ2n) is 14.1. The zero-order valence-electron chi connectivity index (χ0n) is 29.9. The first-order valence-corrected chi connectivity index (χ1v) is 18.6. The van der Waals surface area contributed by atoms with Gasteiger partial charge in [-0.3, -0.25) is 9.13 Å². The fourth-order valence-electron chi connectivity index (χ4n) is 8.34. The van der Waals surface area contributed by atoms with Gasteiger partial charge in [-0.25, -0.2) is 9.97 Å². The number of aromatic amines is 1. The van der Waals surface area contributed by atoms with E-state index in [9.17, 15) is 0 Å². The molecule has 1 N–H and O–H groups in total. The quantitative estimate of drug-likeness (QED) is 0.185. The molecule has 0 saturated heterocycles. The molecule has 0 aliphatic carbocycles. The molecule has 0 unspecified atom stereocenters. The van der Waals surface area contributed by atoms with Gasteiger partial charge in [0.05, 0.1) is 27.6 Å². The first-order chi connectivity index (χ1) is 27.5. The van der Waals surface area contributed by atoms with Crippen LogP contribution in [0, 0.1) is 0 Å². The molecule has 4 aromatic heterocycles. The van der Waals surface area contributed by atoms with Crippen LogP contribution in [-0.2, 0) is 5.92 Å². The number of pyridine rings is 1. The number of fused-ring (bicyclic) bond motifs is 7. The number of rotatable bonds is 6. The van der Waals surface area contributed by atoms with Crippen molar-refractivity contribution < 1.29 is 8.78 Å². The molecule has 11 rings (SSSR count). The Morgan fingerprint density at radius 3 is 2.09 bits per heavy atom. The summed E-state index contributed by atoms with van der Waals surface area (Å²) in [6.45, 7) is 0. The van der Waals surface area contributed by atoms with Crippen LogP contribution in [-0.4, -0.2) is 24.1 Å². The van der Waals surface area contributed by atoms with Crippen molar-refractivity contribution in [1.82, 2.24) is 24.1 Å². The Morgan fingerprint density at radius 2 is 1.25 bits per heavy atom. The standard InChI is InChI=1S/C49H31F2N5/c50-49(51,32-13-3-1-4-14-32)33-25-27-42-40(30-33)37-26-24-31(29-44(37)56(42)45-23-9-10-28-52-45)35-18-12-22-43-47(35)54-48(55(43)34-15-5-2-6-16-34)39-20-11-19-38-36-17-7-8-21-41(36)53-46(38)39/h1-30,53H. The van der Waals surface area contributed by atoms with Crippen molar-refractivity contribution in [3.05, 3.63) is 193 Å². The van der Waals surface area contributed by atoms with Crippen LogP contribution in [0.25, 0.3) is 88.7 Å². The van der Waals surface area contributed by atoms with E-state index in [-0.39, 0.29) is 11.1 Å². The summed E-state index contributed by atoms with van der Waals surface area (Å²) in [5.74, 6) is -1.64. The topological polar surface area (TPSA) is 51.4 Å². The molecular weight excluding hydrogens is 697 g/mol. The highest BCUT2D eigenvalue weighted by atomic mass is 19.3. The normalized spacial score (nSPS) is 12.1. The van der Waals surface area contributed by atoms with Gasteiger partial charge in [0, 0.05) is 61.2 Å².